The number of rotatable bonds is 5. The molecule has 170 valence electrons. The van der Waals surface area contributed by atoms with Gasteiger partial charge in [0.05, 0.1) is 11.3 Å². The number of nitrogens with two attached hydrogens (primary N) is 1. The SMILES string of the molecule is N[C@H]1CCCC[C@@H]1NC(=O)C1CCCC(NC(=O)c2ccc(-c3cccc(F)c3)nc2)C1. The van der Waals surface area contributed by atoms with Crippen LogP contribution in [0.4, 0.5) is 4.39 Å². The van der Waals surface area contributed by atoms with Gasteiger partial charge in [-0.2, -0.15) is 0 Å². The van der Waals surface area contributed by atoms with Crippen LogP contribution in [0.15, 0.2) is 42.6 Å². The van der Waals surface area contributed by atoms with E-state index in [4.69, 9.17) is 5.73 Å². The minimum absolute atomic E-state index is 0.0367. The predicted molar refractivity (Wildman–Crippen MR) is 121 cm³/mol. The van der Waals surface area contributed by atoms with Gasteiger partial charge in [0.15, 0.2) is 0 Å². The topological polar surface area (TPSA) is 97.1 Å². The van der Waals surface area contributed by atoms with E-state index in [1.165, 1.54) is 18.3 Å². The molecule has 1 heterocycles. The number of nitrogens with zero attached hydrogens (tertiary/aromatic N) is 1. The van der Waals surface area contributed by atoms with Crippen molar-refractivity contribution in [1.29, 1.82) is 0 Å². The average molecular weight is 439 g/mol. The van der Waals surface area contributed by atoms with Crippen LogP contribution in [0.25, 0.3) is 11.3 Å². The molecule has 32 heavy (non-hydrogen) atoms. The molecule has 2 fully saturated rings. The highest BCUT2D eigenvalue weighted by Gasteiger charge is 2.31. The van der Waals surface area contributed by atoms with Gasteiger partial charge in [0.1, 0.15) is 5.82 Å². The first-order valence-corrected chi connectivity index (χ1v) is 11.6. The van der Waals surface area contributed by atoms with Crippen LogP contribution in [0, 0.1) is 11.7 Å². The van der Waals surface area contributed by atoms with Crippen molar-refractivity contribution in [2.24, 2.45) is 11.7 Å². The van der Waals surface area contributed by atoms with E-state index in [1.54, 1.807) is 24.3 Å². The number of carbonyl (C=O) groups excluding carboxylic acids is 2. The lowest BCUT2D eigenvalue weighted by atomic mass is 9.84. The molecule has 0 aliphatic heterocycles. The lowest BCUT2D eigenvalue weighted by molar-refractivity contribution is -0.127. The molecule has 2 aromatic rings. The van der Waals surface area contributed by atoms with Crippen LogP contribution >= 0.6 is 0 Å². The van der Waals surface area contributed by atoms with E-state index in [1.807, 2.05) is 0 Å². The molecule has 2 saturated carbocycles. The van der Waals surface area contributed by atoms with Gasteiger partial charge in [0.2, 0.25) is 5.91 Å². The Morgan fingerprint density at radius 3 is 2.59 bits per heavy atom. The van der Waals surface area contributed by atoms with Crippen LogP contribution in [0.3, 0.4) is 0 Å². The van der Waals surface area contributed by atoms with Crippen molar-refractivity contribution in [3.8, 4) is 11.3 Å². The molecular weight excluding hydrogens is 407 g/mol. The molecule has 1 aromatic heterocycles. The molecule has 2 amide bonds. The van der Waals surface area contributed by atoms with E-state index in [0.717, 1.165) is 44.9 Å². The zero-order valence-corrected chi connectivity index (χ0v) is 18.2. The molecule has 6 nitrogen and oxygen atoms in total. The Labute approximate surface area is 188 Å². The van der Waals surface area contributed by atoms with Gasteiger partial charge < -0.3 is 16.4 Å². The molecule has 4 N–H and O–H groups in total. The smallest absolute Gasteiger partial charge is 0.253 e. The second kappa shape index (κ2) is 10.2. The first-order valence-electron chi connectivity index (χ1n) is 11.6. The highest BCUT2D eigenvalue weighted by Crippen LogP contribution is 2.26. The number of hydrogen-bond acceptors (Lipinski definition) is 4. The lowest BCUT2D eigenvalue weighted by Crippen LogP contribution is -2.52. The van der Waals surface area contributed by atoms with Crippen molar-refractivity contribution in [3.63, 3.8) is 0 Å². The zero-order valence-electron chi connectivity index (χ0n) is 18.2. The van der Waals surface area contributed by atoms with Crippen LogP contribution < -0.4 is 16.4 Å². The van der Waals surface area contributed by atoms with Crippen molar-refractivity contribution >= 4 is 11.8 Å². The van der Waals surface area contributed by atoms with Crippen LogP contribution in [0.1, 0.15) is 61.7 Å². The Kier molecular flexibility index (Phi) is 7.15. The lowest BCUT2D eigenvalue weighted by Gasteiger charge is -2.33. The monoisotopic (exact) mass is 438 g/mol. The average Bonchev–Trinajstić information content (AvgIpc) is 2.81. The molecule has 2 aliphatic carbocycles. The number of halogens is 1. The summed E-state index contributed by atoms with van der Waals surface area (Å²) in [6, 6.07) is 9.66. The molecule has 2 unspecified atom stereocenters. The van der Waals surface area contributed by atoms with E-state index in [0.29, 0.717) is 23.2 Å². The van der Waals surface area contributed by atoms with Crippen molar-refractivity contribution in [2.45, 2.75) is 69.5 Å². The third-order valence-electron chi connectivity index (χ3n) is 6.67. The van der Waals surface area contributed by atoms with Crippen LogP contribution in [-0.4, -0.2) is 34.9 Å². The molecule has 0 bridgehead atoms. The van der Waals surface area contributed by atoms with Crippen molar-refractivity contribution in [1.82, 2.24) is 15.6 Å². The Bertz CT molecular complexity index is 949. The van der Waals surface area contributed by atoms with Crippen LogP contribution in [0.5, 0.6) is 0 Å². The van der Waals surface area contributed by atoms with E-state index < -0.39 is 0 Å². The Balaban J connectivity index is 1.32. The summed E-state index contributed by atoms with van der Waals surface area (Å²) in [5.74, 6) is -0.569. The van der Waals surface area contributed by atoms with Crippen molar-refractivity contribution < 1.29 is 14.0 Å². The summed E-state index contributed by atoms with van der Waals surface area (Å²) >= 11 is 0. The molecule has 4 atom stereocenters. The second-order valence-corrected chi connectivity index (χ2v) is 9.04. The summed E-state index contributed by atoms with van der Waals surface area (Å²) in [7, 11) is 0. The fourth-order valence-electron chi connectivity index (χ4n) is 4.81. The summed E-state index contributed by atoms with van der Waals surface area (Å²) in [6.07, 6.45) is 8.87. The fourth-order valence-corrected chi connectivity index (χ4v) is 4.81. The molecule has 7 heteroatoms. The first kappa shape index (κ1) is 22.4. The van der Waals surface area contributed by atoms with Gasteiger partial charge in [-0.05, 0) is 56.4 Å². The molecule has 0 saturated heterocycles. The molecule has 4 rings (SSSR count). The number of amides is 2. The summed E-state index contributed by atoms with van der Waals surface area (Å²) < 4.78 is 13.4. The van der Waals surface area contributed by atoms with Gasteiger partial charge >= 0.3 is 0 Å². The third kappa shape index (κ3) is 5.51. The fraction of sp³-hybridized carbons (Fsp3) is 0.480. The quantitative estimate of drug-likeness (QED) is 0.665. The van der Waals surface area contributed by atoms with Gasteiger partial charge in [0.25, 0.3) is 5.91 Å². The van der Waals surface area contributed by atoms with Crippen molar-refractivity contribution in [3.05, 3.63) is 54.0 Å². The zero-order chi connectivity index (χ0) is 22.5. The van der Waals surface area contributed by atoms with Crippen LogP contribution in [0.2, 0.25) is 0 Å². The predicted octanol–water partition coefficient (Wildman–Crippen LogP) is 3.56. The van der Waals surface area contributed by atoms with E-state index in [2.05, 4.69) is 15.6 Å². The molecule has 2 aliphatic rings. The van der Waals surface area contributed by atoms with E-state index in [9.17, 15) is 14.0 Å². The largest absolute Gasteiger partial charge is 0.352 e. The normalized spacial score (nSPS) is 25.7. The standard InChI is InChI=1S/C25H31FN4O2/c26-19-7-3-5-16(13-19)22-12-11-18(15-28-22)25(32)29-20-8-4-6-17(14-20)24(31)30-23-10-2-1-9-21(23)27/h3,5,7,11-13,15,17,20-21,23H,1-2,4,6,8-10,14,27H2,(H,29,32)(H,30,31)/t17?,20?,21-,23-/m0/s1. The summed E-state index contributed by atoms with van der Waals surface area (Å²) in [5.41, 5.74) is 7.89. The highest BCUT2D eigenvalue weighted by atomic mass is 19.1. The number of pyridine rings is 1. The molecule has 0 radical (unpaired) electrons. The molecule has 1 aromatic carbocycles. The van der Waals surface area contributed by atoms with E-state index >= 15 is 0 Å². The first-order chi connectivity index (χ1) is 15.5. The third-order valence-corrected chi connectivity index (χ3v) is 6.67. The number of aromatic nitrogens is 1. The number of hydrogen-bond donors (Lipinski definition) is 3. The van der Waals surface area contributed by atoms with Crippen LogP contribution in [-0.2, 0) is 4.79 Å². The minimum atomic E-state index is -0.326. The second-order valence-electron chi connectivity index (χ2n) is 9.04. The maximum atomic E-state index is 13.4. The highest BCUT2D eigenvalue weighted by molar-refractivity contribution is 5.94. The maximum Gasteiger partial charge on any atom is 0.253 e. The summed E-state index contributed by atoms with van der Waals surface area (Å²) in [5, 5.41) is 6.21. The maximum absolute atomic E-state index is 13.4. The summed E-state index contributed by atoms with van der Waals surface area (Å²) in [6.45, 7) is 0. The van der Waals surface area contributed by atoms with Gasteiger partial charge in [0, 0.05) is 35.8 Å². The van der Waals surface area contributed by atoms with Gasteiger partial charge in [-0.15, -0.1) is 0 Å². The van der Waals surface area contributed by atoms with E-state index in [-0.39, 0.29) is 41.7 Å². The number of nitrogens with one attached hydrogen (secondary N) is 2. The summed E-state index contributed by atoms with van der Waals surface area (Å²) in [4.78, 5) is 29.8. The number of carbonyl (C=O) groups is 2. The Morgan fingerprint density at radius 1 is 1.00 bits per heavy atom. The Hall–Kier alpha value is -2.80. The van der Waals surface area contributed by atoms with Crippen molar-refractivity contribution in [2.75, 3.05) is 0 Å². The molecule has 0 spiro atoms. The Morgan fingerprint density at radius 2 is 1.84 bits per heavy atom. The van der Waals surface area contributed by atoms with Gasteiger partial charge in [-0.25, -0.2) is 4.39 Å². The minimum Gasteiger partial charge on any atom is -0.352 e. The number of benzene rings is 1. The molecular formula is C25H31FN4O2. The van der Waals surface area contributed by atoms with Gasteiger partial charge in [-0.1, -0.05) is 31.4 Å². The van der Waals surface area contributed by atoms with Gasteiger partial charge in [-0.3, -0.25) is 14.6 Å².